The summed E-state index contributed by atoms with van der Waals surface area (Å²) in [4.78, 5) is 53.4. The van der Waals surface area contributed by atoms with Crippen molar-refractivity contribution in [2.45, 2.75) is 83.6 Å². The Morgan fingerprint density at radius 3 is 2.30 bits per heavy atom. The molecule has 2 aromatic carbocycles. The third-order valence-corrected chi connectivity index (χ3v) is 7.30. The van der Waals surface area contributed by atoms with Crippen LogP contribution in [0.1, 0.15) is 52.2 Å². The van der Waals surface area contributed by atoms with Gasteiger partial charge in [0.1, 0.15) is 23.9 Å². The smallest absolute Gasteiger partial charge is 0.251 e. The van der Waals surface area contributed by atoms with E-state index in [0.717, 1.165) is 4.90 Å². The third-order valence-electron chi connectivity index (χ3n) is 7.30. The highest BCUT2D eigenvalue weighted by atomic mass is 16.5. The predicted octanol–water partition coefficient (Wildman–Crippen LogP) is 1.17. The van der Waals surface area contributed by atoms with Gasteiger partial charge in [-0.05, 0) is 62.8 Å². The Morgan fingerprint density at radius 1 is 1.07 bits per heavy atom. The Kier molecular flexibility index (Phi) is 11.5. The summed E-state index contributed by atoms with van der Waals surface area (Å²) in [5.41, 5.74) is 0.394. The first-order valence-electron chi connectivity index (χ1n) is 14.6. The average molecular weight is 596 g/mol. The van der Waals surface area contributed by atoms with Gasteiger partial charge in [0, 0.05) is 18.5 Å². The number of rotatable bonds is 7. The Hall–Kier alpha value is -4.12. The zero-order valence-corrected chi connectivity index (χ0v) is 25.5. The molecule has 4 atom stereocenters. The Balaban J connectivity index is 1.94. The van der Waals surface area contributed by atoms with Gasteiger partial charge in [-0.1, -0.05) is 56.3 Å². The van der Waals surface area contributed by atoms with E-state index in [1.807, 2.05) is 0 Å². The van der Waals surface area contributed by atoms with Crippen LogP contribution in [0.5, 0.6) is 5.75 Å². The Bertz CT molecular complexity index is 1240. The van der Waals surface area contributed by atoms with Crippen molar-refractivity contribution >= 4 is 23.8 Å². The molecular weight excluding hydrogens is 552 g/mol. The fourth-order valence-electron chi connectivity index (χ4n) is 5.08. The summed E-state index contributed by atoms with van der Waals surface area (Å²) < 4.78 is 5.74. The van der Waals surface area contributed by atoms with Gasteiger partial charge in [-0.15, -0.1) is 0 Å². The van der Waals surface area contributed by atoms with E-state index in [2.05, 4.69) is 16.0 Å². The third kappa shape index (κ3) is 9.44. The van der Waals surface area contributed by atoms with Gasteiger partial charge in [-0.25, -0.2) is 0 Å². The number of nitrogens with one attached hydrogen (secondary N) is 3. The minimum absolute atomic E-state index is 0.0224. The second kappa shape index (κ2) is 14.9. The van der Waals surface area contributed by atoms with Gasteiger partial charge < -0.3 is 40.6 Å². The predicted molar refractivity (Wildman–Crippen MR) is 159 cm³/mol. The number of carbonyl (C=O) groups excluding carboxylic acids is 4. The van der Waals surface area contributed by atoms with Crippen LogP contribution in [0.4, 0.5) is 4.79 Å². The summed E-state index contributed by atoms with van der Waals surface area (Å²) in [6.45, 7) is 9.28. The quantitative estimate of drug-likeness (QED) is 0.374. The van der Waals surface area contributed by atoms with E-state index in [1.54, 1.807) is 89.2 Å². The molecule has 4 amide bonds. The van der Waals surface area contributed by atoms with Gasteiger partial charge in [-0.2, -0.15) is 0 Å². The summed E-state index contributed by atoms with van der Waals surface area (Å²) in [6, 6.07) is 12.7. The molecule has 4 N–H and O–H groups in total. The van der Waals surface area contributed by atoms with Crippen molar-refractivity contribution in [3.63, 3.8) is 0 Å². The number of benzene rings is 2. The molecule has 11 nitrogen and oxygen atoms in total. The number of carboxylic acid groups (broad SMARTS) is 1. The molecule has 2 aliphatic heterocycles. The number of amides is 4. The first kappa shape index (κ1) is 33.4. The molecule has 234 valence electrons. The van der Waals surface area contributed by atoms with E-state index in [0.29, 0.717) is 36.4 Å². The summed E-state index contributed by atoms with van der Waals surface area (Å²) >= 11 is 0. The number of fused-ring (bicyclic) bond motifs is 12. The fourth-order valence-corrected chi connectivity index (χ4v) is 5.08. The topological polar surface area (TPSA) is 160 Å². The monoisotopic (exact) mass is 595 g/mol. The van der Waals surface area contributed by atoms with E-state index < -0.39 is 47.7 Å². The summed E-state index contributed by atoms with van der Waals surface area (Å²) in [5.74, 6) is -1.54. The van der Waals surface area contributed by atoms with Crippen LogP contribution in [0.25, 0.3) is 0 Å². The van der Waals surface area contributed by atoms with Crippen LogP contribution in [-0.4, -0.2) is 76.7 Å². The molecular formula is C32H43N4O7-. The molecule has 4 rings (SSSR count). The van der Waals surface area contributed by atoms with Crippen molar-refractivity contribution in [3.05, 3.63) is 65.7 Å². The summed E-state index contributed by atoms with van der Waals surface area (Å²) in [7, 11) is 0. The highest BCUT2D eigenvalue weighted by Gasteiger charge is 2.39. The molecule has 11 heteroatoms. The number of nitrogens with zero attached hydrogens (tertiary/aromatic N) is 1. The number of aliphatic hydroxyl groups excluding tert-OH is 1. The minimum atomic E-state index is -1.85. The van der Waals surface area contributed by atoms with Gasteiger partial charge >= 0.3 is 0 Å². The van der Waals surface area contributed by atoms with Crippen molar-refractivity contribution in [1.29, 1.82) is 0 Å². The van der Waals surface area contributed by atoms with Crippen LogP contribution in [0, 0.1) is 5.92 Å². The molecule has 2 aliphatic rings. The average Bonchev–Trinajstić information content (AvgIpc) is 2.94. The van der Waals surface area contributed by atoms with Crippen LogP contribution in [0.15, 0.2) is 54.6 Å². The first-order valence-corrected chi connectivity index (χ1v) is 14.6. The second-order valence-corrected chi connectivity index (χ2v) is 12.1. The van der Waals surface area contributed by atoms with Crippen LogP contribution in [0.2, 0.25) is 0 Å². The number of hydrogen-bond donors (Lipinski definition) is 4. The largest absolute Gasteiger partial charge is 0.530 e. The van der Waals surface area contributed by atoms with Crippen molar-refractivity contribution < 1.29 is 34.1 Å². The Labute approximate surface area is 253 Å². The molecule has 2 heterocycles. The molecule has 2 bridgehead atoms. The Morgan fingerprint density at radius 2 is 1.72 bits per heavy atom. The number of hydrogen-bond acceptors (Lipinski definition) is 7. The van der Waals surface area contributed by atoms with Crippen molar-refractivity contribution in [2.24, 2.45) is 5.92 Å². The van der Waals surface area contributed by atoms with Gasteiger partial charge in [0.15, 0.2) is 6.10 Å². The molecule has 0 aliphatic carbocycles. The van der Waals surface area contributed by atoms with E-state index in [1.165, 1.54) is 0 Å². The molecule has 2 aromatic rings. The van der Waals surface area contributed by atoms with Crippen molar-refractivity contribution in [2.75, 3.05) is 13.2 Å². The van der Waals surface area contributed by atoms with E-state index >= 15 is 0 Å². The van der Waals surface area contributed by atoms with Gasteiger partial charge in [-0.3, -0.25) is 14.4 Å². The lowest BCUT2D eigenvalue weighted by Gasteiger charge is -2.45. The first-order chi connectivity index (χ1) is 20.3. The maximum atomic E-state index is 13.6. The number of ether oxygens (including phenoxy) is 1. The highest BCUT2D eigenvalue weighted by Crippen LogP contribution is 2.23. The molecule has 0 radical (unpaired) electrons. The lowest BCUT2D eigenvalue weighted by Crippen LogP contribution is -2.64. The molecule has 43 heavy (non-hydrogen) atoms. The molecule has 0 unspecified atom stereocenters. The van der Waals surface area contributed by atoms with Gasteiger partial charge in [0.05, 0.1) is 12.6 Å². The van der Waals surface area contributed by atoms with Crippen LogP contribution < -0.4 is 25.8 Å². The van der Waals surface area contributed by atoms with Gasteiger partial charge in [0.25, 0.3) is 5.91 Å². The molecule has 0 fully saturated rings. The van der Waals surface area contributed by atoms with Crippen LogP contribution in [0.3, 0.4) is 0 Å². The summed E-state index contributed by atoms with van der Waals surface area (Å²) in [6.07, 6.45) is -2.75. The zero-order valence-electron chi connectivity index (χ0n) is 25.5. The molecule has 0 aromatic heterocycles. The van der Waals surface area contributed by atoms with E-state index in [9.17, 15) is 29.4 Å². The molecule has 0 saturated heterocycles. The number of carbonyl (C=O) groups is 4. The van der Waals surface area contributed by atoms with Crippen molar-refractivity contribution in [1.82, 2.24) is 20.9 Å². The summed E-state index contributed by atoms with van der Waals surface area (Å²) in [5, 5.41) is 31.9. The maximum Gasteiger partial charge on any atom is 0.251 e. The highest BCUT2D eigenvalue weighted by molar-refractivity contribution is 5.93. The van der Waals surface area contributed by atoms with E-state index in [4.69, 9.17) is 4.74 Å². The molecule has 0 spiro atoms. The standard InChI is InChI=1S/C32H44N4O7/c1-20(2)26-29(39)33-16-9-17-43-23-14-12-22(13-15-23)18-24(28(38)35-26)34-30(40)27(37)25(19-21-10-7-6-8-11-21)36(31(41)42)32(3,4)5/h6-8,10-15,20,24-27,37H,9,16-19H2,1-5H3,(H,33,39)(H,34,40)(H,35,38)(H,41,42)/p-1/t24-,25-,26-,27+/m0/s1. The normalized spacial score (nSPS) is 19.6. The van der Waals surface area contributed by atoms with Crippen LogP contribution in [-0.2, 0) is 27.2 Å². The fraction of sp³-hybridized carbons (Fsp3) is 0.500. The molecule has 0 saturated carbocycles. The number of aliphatic hydroxyl groups is 1. The lowest BCUT2D eigenvalue weighted by molar-refractivity contribution is -0.275. The SMILES string of the molecule is CC(C)[C@@H]1NC(=O)[C@@H](NC(=O)[C@H](O)[C@H](Cc2ccccc2)N(C(=O)[O-])C(C)(C)C)Cc2ccc(cc2)OCCCNC1=O. The van der Waals surface area contributed by atoms with Crippen LogP contribution >= 0.6 is 0 Å². The minimum Gasteiger partial charge on any atom is -0.530 e. The maximum absolute atomic E-state index is 13.6. The zero-order chi connectivity index (χ0) is 31.7. The van der Waals surface area contributed by atoms with Gasteiger partial charge in [0.2, 0.25) is 11.8 Å². The lowest BCUT2D eigenvalue weighted by atomic mass is 9.94. The second-order valence-electron chi connectivity index (χ2n) is 12.1. The van der Waals surface area contributed by atoms with Crippen molar-refractivity contribution in [3.8, 4) is 5.75 Å². The van der Waals surface area contributed by atoms with E-state index in [-0.39, 0.29) is 24.7 Å².